The van der Waals surface area contributed by atoms with Crippen molar-refractivity contribution >= 4 is 51.2 Å². The van der Waals surface area contributed by atoms with Crippen LogP contribution in [0.5, 0.6) is 0 Å². The zero-order chi connectivity index (χ0) is 20.4. The summed E-state index contributed by atoms with van der Waals surface area (Å²) in [6, 6.07) is 13.4. The van der Waals surface area contributed by atoms with Gasteiger partial charge >= 0.3 is 0 Å². The molecule has 2 aromatic carbocycles. The minimum Gasteiger partial charge on any atom is -0.378 e. The summed E-state index contributed by atoms with van der Waals surface area (Å²) in [5.41, 5.74) is 2.32. The van der Waals surface area contributed by atoms with Gasteiger partial charge in [-0.15, -0.1) is 0 Å². The van der Waals surface area contributed by atoms with Gasteiger partial charge in [0.2, 0.25) is 5.91 Å². The van der Waals surface area contributed by atoms with Crippen molar-refractivity contribution in [2.45, 2.75) is 12.1 Å². The van der Waals surface area contributed by atoms with Crippen LogP contribution in [0.4, 0.5) is 0 Å². The lowest BCUT2D eigenvalue weighted by atomic mass is 10.2. The number of carbonyl (C=O) groups is 1. The fourth-order valence-corrected chi connectivity index (χ4v) is 4.67. The molecular formula is C21H20IN3O3S. The molecule has 0 spiro atoms. The second-order valence-corrected chi connectivity index (χ2v) is 9.01. The van der Waals surface area contributed by atoms with Crippen molar-refractivity contribution in [1.82, 2.24) is 14.5 Å². The highest BCUT2D eigenvalue weighted by Gasteiger charge is 2.19. The van der Waals surface area contributed by atoms with Gasteiger partial charge in [-0.3, -0.25) is 14.2 Å². The van der Waals surface area contributed by atoms with Gasteiger partial charge in [0.05, 0.1) is 35.6 Å². The summed E-state index contributed by atoms with van der Waals surface area (Å²) in [7, 11) is 0. The van der Waals surface area contributed by atoms with E-state index >= 15 is 0 Å². The number of aromatic nitrogens is 2. The third kappa shape index (κ3) is 4.49. The number of carbonyl (C=O) groups excluding carboxylic acids is 1. The third-order valence-corrected chi connectivity index (χ3v) is 6.34. The lowest BCUT2D eigenvalue weighted by Crippen LogP contribution is -2.41. The summed E-state index contributed by atoms with van der Waals surface area (Å²) in [4.78, 5) is 32.5. The number of rotatable bonds is 4. The van der Waals surface area contributed by atoms with Crippen molar-refractivity contribution in [1.29, 1.82) is 0 Å². The summed E-state index contributed by atoms with van der Waals surface area (Å²) in [5, 5.41) is 1.10. The zero-order valence-electron chi connectivity index (χ0n) is 15.9. The molecule has 8 heteroatoms. The summed E-state index contributed by atoms with van der Waals surface area (Å²) >= 11 is 3.49. The van der Waals surface area contributed by atoms with E-state index in [4.69, 9.17) is 9.72 Å². The number of benzene rings is 2. The number of thioether (sulfide) groups is 1. The van der Waals surface area contributed by atoms with Crippen LogP contribution in [0, 0.1) is 10.5 Å². The summed E-state index contributed by atoms with van der Waals surface area (Å²) < 4.78 is 7.91. The van der Waals surface area contributed by atoms with Crippen LogP contribution < -0.4 is 5.56 Å². The molecule has 6 nitrogen and oxygen atoms in total. The summed E-state index contributed by atoms with van der Waals surface area (Å²) in [6.45, 7) is 4.33. The first kappa shape index (κ1) is 20.4. The average Bonchev–Trinajstić information content (AvgIpc) is 2.73. The molecule has 1 aliphatic rings. The minimum absolute atomic E-state index is 0.0334. The summed E-state index contributed by atoms with van der Waals surface area (Å²) in [6.07, 6.45) is 0. The molecule has 150 valence electrons. The van der Waals surface area contributed by atoms with Gasteiger partial charge < -0.3 is 9.64 Å². The monoisotopic (exact) mass is 521 g/mol. The van der Waals surface area contributed by atoms with E-state index < -0.39 is 0 Å². The first-order chi connectivity index (χ1) is 14.0. The van der Waals surface area contributed by atoms with E-state index in [2.05, 4.69) is 22.6 Å². The van der Waals surface area contributed by atoms with Crippen molar-refractivity contribution in [2.75, 3.05) is 32.1 Å². The highest BCUT2D eigenvalue weighted by Crippen LogP contribution is 2.23. The second-order valence-electron chi connectivity index (χ2n) is 6.82. The van der Waals surface area contributed by atoms with E-state index in [1.54, 1.807) is 9.47 Å². The SMILES string of the molecule is Cc1cccc(-n2c(SCC(=O)N3CCOCC3)nc3ccc(I)cc3c2=O)c1. The molecule has 0 saturated carbocycles. The highest BCUT2D eigenvalue weighted by molar-refractivity contribution is 14.1. The molecule has 1 aromatic heterocycles. The topological polar surface area (TPSA) is 64.4 Å². The first-order valence-electron chi connectivity index (χ1n) is 9.30. The Morgan fingerprint density at radius 1 is 1.21 bits per heavy atom. The van der Waals surface area contributed by atoms with Gasteiger partial charge in [0.15, 0.2) is 5.16 Å². The normalized spacial score (nSPS) is 14.3. The molecule has 0 atom stereocenters. The Hall–Kier alpha value is -1.91. The number of amides is 1. The second kappa shape index (κ2) is 8.85. The van der Waals surface area contributed by atoms with Gasteiger partial charge in [-0.25, -0.2) is 4.98 Å². The molecule has 0 unspecified atom stereocenters. The molecule has 0 radical (unpaired) electrons. The van der Waals surface area contributed by atoms with Crippen LogP contribution in [0.1, 0.15) is 5.56 Å². The number of nitrogens with zero attached hydrogens (tertiary/aromatic N) is 3. The van der Waals surface area contributed by atoms with E-state index in [1.165, 1.54) is 11.8 Å². The zero-order valence-corrected chi connectivity index (χ0v) is 18.9. The van der Waals surface area contributed by atoms with Gasteiger partial charge in [0.1, 0.15) is 0 Å². The average molecular weight is 521 g/mol. The standard InChI is InChI=1S/C21H20IN3O3S/c1-14-3-2-4-16(11-14)25-20(27)17-12-15(22)5-6-18(17)23-21(25)29-13-19(26)24-7-9-28-10-8-24/h2-6,11-12H,7-10,13H2,1H3. The Balaban J connectivity index is 1.75. The van der Waals surface area contributed by atoms with Crippen LogP contribution in [0.15, 0.2) is 52.4 Å². The lowest BCUT2D eigenvalue weighted by Gasteiger charge is -2.26. The molecule has 0 aliphatic carbocycles. The Kier molecular flexibility index (Phi) is 6.21. The van der Waals surface area contributed by atoms with Crippen LogP contribution in [-0.4, -0.2) is 52.4 Å². The van der Waals surface area contributed by atoms with Crippen molar-refractivity contribution < 1.29 is 9.53 Å². The van der Waals surface area contributed by atoms with Crippen LogP contribution in [0.2, 0.25) is 0 Å². The van der Waals surface area contributed by atoms with Crippen LogP contribution >= 0.6 is 34.4 Å². The number of aryl methyl sites for hydroxylation is 1. The number of morpholine rings is 1. The van der Waals surface area contributed by atoms with Gasteiger partial charge in [0, 0.05) is 16.7 Å². The summed E-state index contributed by atoms with van der Waals surface area (Å²) in [5.74, 6) is 0.264. The van der Waals surface area contributed by atoms with Gasteiger partial charge in [-0.05, 0) is 65.4 Å². The minimum atomic E-state index is -0.125. The number of hydrogen-bond acceptors (Lipinski definition) is 5. The highest BCUT2D eigenvalue weighted by atomic mass is 127. The molecular weight excluding hydrogens is 501 g/mol. The first-order valence-corrected chi connectivity index (χ1v) is 11.4. The molecule has 2 heterocycles. The van der Waals surface area contributed by atoms with E-state index in [1.807, 2.05) is 49.4 Å². The Labute approximate surface area is 186 Å². The Morgan fingerprint density at radius 2 is 2.00 bits per heavy atom. The Bertz CT molecular complexity index is 1130. The quantitative estimate of drug-likeness (QED) is 0.300. The van der Waals surface area contributed by atoms with Crippen molar-refractivity contribution in [3.63, 3.8) is 0 Å². The number of halogens is 1. The Morgan fingerprint density at radius 3 is 2.76 bits per heavy atom. The number of hydrogen-bond donors (Lipinski definition) is 0. The molecule has 0 bridgehead atoms. The predicted octanol–water partition coefficient (Wildman–Crippen LogP) is 3.25. The van der Waals surface area contributed by atoms with Crippen LogP contribution in [0.25, 0.3) is 16.6 Å². The molecule has 3 aromatic rings. The lowest BCUT2D eigenvalue weighted by molar-refractivity contribution is -0.132. The fourth-order valence-electron chi connectivity index (χ4n) is 3.26. The van der Waals surface area contributed by atoms with E-state index in [0.717, 1.165) is 14.8 Å². The number of ether oxygens (including phenoxy) is 1. The largest absolute Gasteiger partial charge is 0.378 e. The molecule has 1 amide bonds. The molecule has 1 fully saturated rings. The number of fused-ring (bicyclic) bond motifs is 1. The maximum Gasteiger partial charge on any atom is 0.266 e. The van der Waals surface area contributed by atoms with Crippen LogP contribution in [0.3, 0.4) is 0 Å². The van der Waals surface area contributed by atoms with E-state index in [-0.39, 0.29) is 17.2 Å². The van der Waals surface area contributed by atoms with Gasteiger partial charge in [0.25, 0.3) is 5.56 Å². The molecule has 0 N–H and O–H groups in total. The van der Waals surface area contributed by atoms with Gasteiger partial charge in [-0.2, -0.15) is 0 Å². The maximum atomic E-state index is 13.4. The molecule has 4 rings (SSSR count). The smallest absolute Gasteiger partial charge is 0.266 e. The molecule has 1 saturated heterocycles. The van der Waals surface area contributed by atoms with Crippen molar-refractivity contribution in [3.05, 3.63) is 62.0 Å². The predicted molar refractivity (Wildman–Crippen MR) is 123 cm³/mol. The van der Waals surface area contributed by atoms with E-state index in [9.17, 15) is 9.59 Å². The maximum absolute atomic E-state index is 13.4. The third-order valence-electron chi connectivity index (χ3n) is 4.75. The van der Waals surface area contributed by atoms with E-state index in [0.29, 0.717) is 42.4 Å². The molecule has 29 heavy (non-hydrogen) atoms. The molecule has 1 aliphatic heterocycles. The fraction of sp³-hybridized carbons (Fsp3) is 0.286. The van der Waals surface area contributed by atoms with Crippen LogP contribution in [-0.2, 0) is 9.53 Å². The van der Waals surface area contributed by atoms with Gasteiger partial charge in [-0.1, -0.05) is 23.9 Å². The van der Waals surface area contributed by atoms with Crippen molar-refractivity contribution in [3.8, 4) is 5.69 Å². The van der Waals surface area contributed by atoms with Crippen molar-refractivity contribution in [2.24, 2.45) is 0 Å².